The molecule has 0 spiro atoms. The van der Waals surface area contributed by atoms with E-state index in [2.05, 4.69) is 0 Å². The fraction of sp³-hybridized carbons (Fsp3) is 0.0667. The predicted octanol–water partition coefficient (Wildman–Crippen LogP) is -0.0903. The summed E-state index contributed by atoms with van der Waals surface area (Å²) >= 11 is 0. The Labute approximate surface area is 134 Å². The van der Waals surface area contributed by atoms with E-state index in [-0.39, 0.29) is 29.5 Å². The zero-order valence-electron chi connectivity index (χ0n) is 11.7. The Balaban J connectivity index is 0.00000161. The monoisotopic (exact) mass is 294 g/mol. The summed E-state index contributed by atoms with van der Waals surface area (Å²) in [5.74, 6) is 0.100. The van der Waals surface area contributed by atoms with Crippen LogP contribution >= 0.6 is 0 Å². The molecule has 0 aliphatic carbocycles. The summed E-state index contributed by atoms with van der Waals surface area (Å²) in [7, 11) is -3.21. The van der Waals surface area contributed by atoms with Crippen molar-refractivity contribution in [3.05, 3.63) is 48.5 Å². The Hall–Kier alpha value is -1.51. The van der Waals surface area contributed by atoms with Crippen LogP contribution in [-0.2, 0) is 10.1 Å². The number of benzene rings is 3. The second-order valence-electron chi connectivity index (χ2n) is 4.47. The molecule has 0 aliphatic rings. The van der Waals surface area contributed by atoms with Gasteiger partial charge in [0.25, 0.3) is 0 Å². The number of hydrogen-bond donors (Lipinski definition) is 0. The number of methoxy groups -OCH3 is 1. The van der Waals surface area contributed by atoms with Crippen LogP contribution in [0.3, 0.4) is 0 Å². The van der Waals surface area contributed by atoms with E-state index in [9.17, 15) is 13.0 Å². The third-order valence-electron chi connectivity index (χ3n) is 3.27. The molecule has 0 heterocycles. The van der Waals surface area contributed by atoms with E-state index in [4.69, 9.17) is 4.74 Å². The van der Waals surface area contributed by atoms with Gasteiger partial charge < -0.3 is 9.29 Å². The molecular weight excluding hydrogens is 283 g/mol. The molecule has 21 heavy (non-hydrogen) atoms. The molecule has 3 rings (SSSR count). The first-order valence-electron chi connectivity index (χ1n) is 5.96. The van der Waals surface area contributed by atoms with Gasteiger partial charge in [0.2, 0.25) is 0 Å². The first-order chi connectivity index (χ1) is 9.50. The summed E-state index contributed by atoms with van der Waals surface area (Å²) in [6.07, 6.45) is 0. The number of ether oxygens (including phenoxy) is 1. The second kappa shape index (κ2) is 5.70. The molecule has 3 aromatic rings. The van der Waals surface area contributed by atoms with Gasteiger partial charge in [0.05, 0.1) is 12.0 Å². The standard InChI is InChI=1S/C15H12O4S.Li/c1-19-15-13-9-11-5-3-2-4-10(11)8-12(13)6-7-14(15)20(16,17)18;/h2-9H,1H3,(H,16,17,18);/q;+1/p-1. The first-order valence-corrected chi connectivity index (χ1v) is 7.37. The molecule has 0 N–H and O–H groups in total. The molecular formula is C15H11LiO4S. The third kappa shape index (κ3) is 2.78. The third-order valence-corrected chi connectivity index (χ3v) is 4.13. The van der Waals surface area contributed by atoms with Crippen LogP contribution in [0.2, 0.25) is 0 Å². The maximum absolute atomic E-state index is 11.3. The minimum atomic E-state index is -4.57. The average Bonchev–Trinajstić information content (AvgIpc) is 2.42. The van der Waals surface area contributed by atoms with Gasteiger partial charge in [0.1, 0.15) is 15.9 Å². The van der Waals surface area contributed by atoms with E-state index >= 15 is 0 Å². The van der Waals surface area contributed by atoms with E-state index < -0.39 is 10.1 Å². The molecule has 0 saturated heterocycles. The van der Waals surface area contributed by atoms with Crippen LogP contribution in [-0.4, -0.2) is 20.1 Å². The van der Waals surface area contributed by atoms with Crippen LogP contribution in [0, 0.1) is 0 Å². The van der Waals surface area contributed by atoms with Gasteiger partial charge >= 0.3 is 18.9 Å². The van der Waals surface area contributed by atoms with Gasteiger partial charge in [0, 0.05) is 5.39 Å². The Bertz CT molecular complexity index is 920. The Morgan fingerprint density at radius 3 is 2.14 bits per heavy atom. The molecule has 0 unspecified atom stereocenters. The molecule has 102 valence electrons. The molecule has 6 heteroatoms. The van der Waals surface area contributed by atoms with Crippen molar-refractivity contribution >= 4 is 31.7 Å². The maximum Gasteiger partial charge on any atom is 1.00 e. The number of rotatable bonds is 2. The van der Waals surface area contributed by atoms with Crippen molar-refractivity contribution in [1.29, 1.82) is 0 Å². The maximum atomic E-state index is 11.3. The molecule has 0 amide bonds. The average molecular weight is 294 g/mol. The molecule has 0 aliphatic heterocycles. The quantitative estimate of drug-likeness (QED) is 0.376. The van der Waals surface area contributed by atoms with E-state index in [0.717, 1.165) is 16.2 Å². The summed E-state index contributed by atoms with van der Waals surface area (Å²) in [6, 6.07) is 14.4. The fourth-order valence-electron chi connectivity index (χ4n) is 2.37. The Morgan fingerprint density at radius 1 is 0.952 bits per heavy atom. The van der Waals surface area contributed by atoms with Crippen LogP contribution in [0.5, 0.6) is 5.75 Å². The van der Waals surface area contributed by atoms with Gasteiger partial charge in [-0.1, -0.05) is 30.3 Å². The van der Waals surface area contributed by atoms with Crippen LogP contribution in [0.1, 0.15) is 0 Å². The number of hydrogen-bond acceptors (Lipinski definition) is 4. The fourth-order valence-corrected chi connectivity index (χ4v) is 3.03. The van der Waals surface area contributed by atoms with Gasteiger partial charge in [-0.3, -0.25) is 0 Å². The smallest absolute Gasteiger partial charge is 0.744 e. The normalized spacial score (nSPS) is 11.3. The Morgan fingerprint density at radius 2 is 1.57 bits per heavy atom. The van der Waals surface area contributed by atoms with Gasteiger partial charge in [-0.15, -0.1) is 0 Å². The van der Waals surface area contributed by atoms with E-state index in [0.29, 0.717) is 5.39 Å². The molecule has 0 saturated carbocycles. The molecule has 3 aromatic carbocycles. The molecule has 0 fully saturated rings. The van der Waals surface area contributed by atoms with Crippen LogP contribution in [0.4, 0.5) is 0 Å². The summed E-state index contributed by atoms with van der Waals surface area (Å²) in [5, 5.41) is 3.44. The van der Waals surface area contributed by atoms with Crippen molar-refractivity contribution < 1.29 is 36.6 Å². The molecule has 0 bridgehead atoms. The van der Waals surface area contributed by atoms with Gasteiger partial charge in [-0.2, -0.15) is 0 Å². The summed E-state index contributed by atoms with van der Waals surface area (Å²) in [5.41, 5.74) is 0. The van der Waals surface area contributed by atoms with Crippen molar-refractivity contribution in [2.24, 2.45) is 0 Å². The Kier molecular flexibility index (Phi) is 4.31. The van der Waals surface area contributed by atoms with Crippen molar-refractivity contribution in [2.45, 2.75) is 4.90 Å². The van der Waals surface area contributed by atoms with Gasteiger partial charge in [-0.05, 0) is 34.4 Å². The molecule has 4 nitrogen and oxygen atoms in total. The summed E-state index contributed by atoms with van der Waals surface area (Å²) in [4.78, 5) is -0.331. The largest absolute Gasteiger partial charge is 1.00 e. The van der Waals surface area contributed by atoms with Crippen molar-refractivity contribution in [2.75, 3.05) is 7.11 Å². The SMILES string of the molecule is COc1c(S(=O)(=O)[O-])ccc2cc3ccccc3cc12.[Li+]. The number of fused-ring (bicyclic) bond motifs is 2. The topological polar surface area (TPSA) is 66.4 Å². The predicted molar refractivity (Wildman–Crippen MR) is 76.0 cm³/mol. The minimum Gasteiger partial charge on any atom is -0.744 e. The summed E-state index contributed by atoms with van der Waals surface area (Å²) < 4.78 is 39.0. The van der Waals surface area contributed by atoms with E-state index in [1.807, 2.05) is 36.4 Å². The molecule has 0 atom stereocenters. The van der Waals surface area contributed by atoms with Crippen molar-refractivity contribution in [3.8, 4) is 5.75 Å². The van der Waals surface area contributed by atoms with Crippen molar-refractivity contribution in [3.63, 3.8) is 0 Å². The van der Waals surface area contributed by atoms with E-state index in [1.54, 1.807) is 6.07 Å². The van der Waals surface area contributed by atoms with Crippen LogP contribution < -0.4 is 23.6 Å². The molecule has 0 radical (unpaired) electrons. The van der Waals surface area contributed by atoms with Gasteiger partial charge in [0.15, 0.2) is 0 Å². The molecule has 0 aromatic heterocycles. The summed E-state index contributed by atoms with van der Waals surface area (Å²) in [6.45, 7) is 0. The van der Waals surface area contributed by atoms with E-state index in [1.165, 1.54) is 13.2 Å². The zero-order chi connectivity index (χ0) is 14.3. The zero-order valence-corrected chi connectivity index (χ0v) is 12.5. The van der Waals surface area contributed by atoms with Gasteiger partial charge in [-0.25, -0.2) is 8.42 Å². The van der Waals surface area contributed by atoms with Crippen LogP contribution in [0.25, 0.3) is 21.5 Å². The minimum absolute atomic E-state index is 0. The van der Waals surface area contributed by atoms with Crippen LogP contribution in [0.15, 0.2) is 53.4 Å². The van der Waals surface area contributed by atoms with Crippen molar-refractivity contribution in [1.82, 2.24) is 0 Å². The first kappa shape index (κ1) is 15.9. The second-order valence-corrected chi connectivity index (χ2v) is 5.82.